The third kappa shape index (κ3) is 3.14. The molecule has 0 heterocycles. The summed E-state index contributed by atoms with van der Waals surface area (Å²) in [4.78, 5) is 0. The van der Waals surface area contributed by atoms with Gasteiger partial charge in [-0.2, -0.15) is 0 Å². The van der Waals surface area contributed by atoms with Crippen LogP contribution in [-0.2, 0) is 0 Å². The minimum atomic E-state index is 0.933. The Morgan fingerprint density at radius 3 is 1.37 bits per heavy atom. The maximum absolute atomic E-state index is 4.17. The quantitative estimate of drug-likeness (QED) is 0.584. The topological polar surface area (TPSA) is 0 Å². The van der Waals surface area contributed by atoms with E-state index < -0.39 is 0 Å². The average molecular weight is 252 g/mol. The summed E-state index contributed by atoms with van der Waals surface area (Å²) in [5, 5.41) is 0. The fraction of sp³-hybridized carbons (Fsp3) is 0.263. The van der Waals surface area contributed by atoms with Crippen LogP contribution < -0.4 is 0 Å². The van der Waals surface area contributed by atoms with Crippen LogP contribution in [0.4, 0.5) is 0 Å². The summed E-state index contributed by atoms with van der Waals surface area (Å²) in [7, 11) is 0. The molecule has 0 aliphatic rings. The van der Waals surface area contributed by atoms with Gasteiger partial charge in [-0.1, -0.05) is 50.0 Å². The molecule has 0 atom stereocenters. The molecule has 100 valence electrons. The molecule has 1 rings (SSSR count). The minimum Gasteiger partial charge on any atom is -0.0955 e. The molecule has 0 N–H and O–H groups in total. The molecule has 0 aromatic heterocycles. The van der Waals surface area contributed by atoms with E-state index in [4.69, 9.17) is 0 Å². The molecule has 0 fully saturated rings. The van der Waals surface area contributed by atoms with Gasteiger partial charge >= 0.3 is 0 Å². The Morgan fingerprint density at radius 1 is 0.737 bits per heavy atom. The predicted octanol–water partition coefficient (Wildman–Crippen LogP) is 6.21. The van der Waals surface area contributed by atoms with Crippen LogP contribution in [0.3, 0.4) is 0 Å². The molecular weight excluding hydrogens is 228 g/mol. The van der Waals surface area contributed by atoms with Crippen molar-refractivity contribution >= 4 is 22.3 Å². The summed E-state index contributed by atoms with van der Waals surface area (Å²) >= 11 is 0. The first-order valence-electron chi connectivity index (χ1n) is 6.63. The lowest BCUT2D eigenvalue weighted by atomic mass is 9.87. The van der Waals surface area contributed by atoms with E-state index in [1.54, 1.807) is 0 Å². The van der Waals surface area contributed by atoms with Crippen LogP contribution in [0.2, 0.25) is 0 Å². The number of rotatable bonds is 5. The Labute approximate surface area is 117 Å². The largest absolute Gasteiger partial charge is 0.0955 e. The van der Waals surface area contributed by atoms with Gasteiger partial charge in [0.2, 0.25) is 0 Å². The van der Waals surface area contributed by atoms with Gasteiger partial charge in [0.05, 0.1) is 0 Å². The van der Waals surface area contributed by atoms with Crippen molar-refractivity contribution in [2.75, 3.05) is 0 Å². The zero-order chi connectivity index (χ0) is 14.7. The van der Waals surface area contributed by atoms with Gasteiger partial charge < -0.3 is 0 Å². The lowest BCUT2D eigenvalue weighted by molar-refractivity contribution is 1.24. The number of allylic oxidation sites excluding steroid dienone is 4. The van der Waals surface area contributed by atoms with Gasteiger partial charge in [-0.3, -0.25) is 0 Å². The third-order valence-electron chi connectivity index (χ3n) is 3.34. The summed E-state index contributed by atoms with van der Waals surface area (Å²) in [6.07, 6.45) is 0.933. The molecule has 0 unspecified atom stereocenters. The molecular formula is C19H24. The van der Waals surface area contributed by atoms with E-state index in [-0.39, 0.29) is 0 Å². The van der Waals surface area contributed by atoms with Crippen LogP contribution in [0.25, 0.3) is 22.3 Å². The Hall–Kier alpha value is -1.82. The highest BCUT2D eigenvalue weighted by Crippen LogP contribution is 2.33. The van der Waals surface area contributed by atoms with Crippen molar-refractivity contribution in [1.82, 2.24) is 0 Å². The Balaban J connectivity index is 3.69. The van der Waals surface area contributed by atoms with Crippen LogP contribution >= 0.6 is 0 Å². The van der Waals surface area contributed by atoms with E-state index in [0.717, 1.165) is 45.4 Å². The highest BCUT2D eigenvalue weighted by atomic mass is 14.2. The second-order valence-corrected chi connectivity index (χ2v) is 5.24. The molecule has 0 nitrogen and oxygen atoms in total. The second-order valence-electron chi connectivity index (χ2n) is 5.24. The van der Waals surface area contributed by atoms with E-state index in [2.05, 4.69) is 45.4 Å². The molecule has 1 aromatic carbocycles. The highest BCUT2D eigenvalue weighted by molar-refractivity contribution is 5.85. The van der Waals surface area contributed by atoms with Gasteiger partial charge in [0.1, 0.15) is 0 Å². The maximum Gasteiger partial charge on any atom is -0.0149 e. The first-order chi connectivity index (χ1) is 8.79. The van der Waals surface area contributed by atoms with Crippen LogP contribution in [0.5, 0.6) is 0 Å². The SMILES string of the molecule is C=C(C)c1cc(C(=C)C)c(C(=C)CC)cc1C(=C)C. The Morgan fingerprint density at radius 2 is 1.05 bits per heavy atom. The van der Waals surface area contributed by atoms with Gasteiger partial charge in [-0.25, -0.2) is 0 Å². The molecule has 0 spiro atoms. The Bertz CT molecular complexity index is 568. The smallest absolute Gasteiger partial charge is 0.0149 e. The van der Waals surface area contributed by atoms with E-state index in [1.165, 1.54) is 5.56 Å². The summed E-state index contributed by atoms with van der Waals surface area (Å²) in [5.41, 5.74) is 8.94. The van der Waals surface area contributed by atoms with Gasteiger partial charge in [-0.15, -0.1) is 0 Å². The van der Waals surface area contributed by atoms with Crippen LogP contribution in [0.1, 0.15) is 56.4 Å². The summed E-state index contributed by atoms with van der Waals surface area (Å²) < 4.78 is 0. The normalized spacial score (nSPS) is 10.1. The molecule has 0 amide bonds. The van der Waals surface area contributed by atoms with E-state index >= 15 is 0 Å². The lowest BCUT2D eigenvalue weighted by Crippen LogP contribution is -1.97. The van der Waals surface area contributed by atoms with Crippen LogP contribution in [0, 0.1) is 0 Å². The van der Waals surface area contributed by atoms with E-state index in [9.17, 15) is 0 Å². The average Bonchev–Trinajstić information content (AvgIpc) is 2.35. The van der Waals surface area contributed by atoms with Crippen molar-refractivity contribution in [3.8, 4) is 0 Å². The van der Waals surface area contributed by atoms with Crippen LogP contribution in [0.15, 0.2) is 38.4 Å². The molecule has 0 saturated heterocycles. The fourth-order valence-corrected chi connectivity index (χ4v) is 2.14. The van der Waals surface area contributed by atoms with E-state index in [0.29, 0.717) is 0 Å². The molecule has 0 heteroatoms. The monoisotopic (exact) mass is 252 g/mol. The van der Waals surface area contributed by atoms with Crippen LogP contribution in [-0.4, -0.2) is 0 Å². The van der Waals surface area contributed by atoms with Gasteiger partial charge in [0.15, 0.2) is 0 Å². The fourth-order valence-electron chi connectivity index (χ4n) is 2.14. The standard InChI is InChI=1S/C19H24/c1-9-15(8)19-11-17(13(4)5)16(12(2)3)10-18(19)14(6)7/h10-11H,2,4,6,8-9H2,1,3,5,7H3. The summed E-state index contributed by atoms with van der Waals surface area (Å²) in [6.45, 7) is 24.6. The van der Waals surface area contributed by atoms with Gasteiger partial charge in [0, 0.05) is 0 Å². The first kappa shape index (κ1) is 15.2. The van der Waals surface area contributed by atoms with Crippen molar-refractivity contribution in [2.24, 2.45) is 0 Å². The highest BCUT2D eigenvalue weighted by Gasteiger charge is 2.13. The van der Waals surface area contributed by atoms with Crippen molar-refractivity contribution in [2.45, 2.75) is 34.1 Å². The number of benzene rings is 1. The van der Waals surface area contributed by atoms with Gasteiger partial charge in [-0.05, 0) is 67.2 Å². The van der Waals surface area contributed by atoms with Crippen molar-refractivity contribution in [3.63, 3.8) is 0 Å². The molecule has 0 bridgehead atoms. The molecule has 0 radical (unpaired) electrons. The maximum atomic E-state index is 4.17. The Kier molecular flexibility index (Phi) is 4.72. The second kappa shape index (κ2) is 5.88. The van der Waals surface area contributed by atoms with E-state index in [1.807, 2.05) is 20.8 Å². The minimum absolute atomic E-state index is 0.933. The summed E-state index contributed by atoms with van der Waals surface area (Å²) in [5.74, 6) is 0. The zero-order valence-corrected chi connectivity index (χ0v) is 12.7. The van der Waals surface area contributed by atoms with Crippen molar-refractivity contribution in [1.29, 1.82) is 0 Å². The lowest BCUT2D eigenvalue weighted by Gasteiger charge is -2.18. The molecule has 0 saturated carbocycles. The van der Waals surface area contributed by atoms with Gasteiger partial charge in [0.25, 0.3) is 0 Å². The number of hydrogen-bond acceptors (Lipinski definition) is 0. The third-order valence-corrected chi connectivity index (χ3v) is 3.34. The zero-order valence-electron chi connectivity index (χ0n) is 12.7. The molecule has 1 aromatic rings. The first-order valence-corrected chi connectivity index (χ1v) is 6.63. The molecule has 0 aliphatic heterocycles. The van der Waals surface area contributed by atoms with Crippen molar-refractivity contribution in [3.05, 3.63) is 60.7 Å². The molecule has 19 heavy (non-hydrogen) atoms. The van der Waals surface area contributed by atoms with Crippen molar-refractivity contribution < 1.29 is 0 Å². The predicted molar refractivity (Wildman–Crippen MR) is 89.9 cm³/mol. The number of hydrogen-bond donors (Lipinski definition) is 0. The molecule has 0 aliphatic carbocycles. The summed E-state index contributed by atoms with van der Waals surface area (Å²) in [6, 6.07) is 4.35.